The Labute approximate surface area is 155 Å². The number of methoxy groups -OCH3 is 2. The van der Waals surface area contributed by atoms with Crippen molar-refractivity contribution in [2.75, 3.05) is 27.4 Å². The van der Waals surface area contributed by atoms with Crippen LogP contribution in [0, 0.1) is 11.6 Å². The average Bonchev–Trinajstić information content (AvgIpc) is 2.62. The monoisotopic (exact) mass is 362 g/mol. The molecule has 0 saturated heterocycles. The highest BCUT2D eigenvalue weighted by molar-refractivity contribution is 5.32. The van der Waals surface area contributed by atoms with Gasteiger partial charge in [0.15, 0.2) is 0 Å². The third-order valence-electron chi connectivity index (χ3n) is 4.47. The maximum atomic E-state index is 13.9. The van der Waals surface area contributed by atoms with Crippen molar-refractivity contribution in [1.82, 2.24) is 0 Å². The van der Waals surface area contributed by atoms with E-state index in [0.717, 1.165) is 44.5 Å². The summed E-state index contributed by atoms with van der Waals surface area (Å²) in [6, 6.07) is 10.5. The van der Waals surface area contributed by atoms with E-state index in [-0.39, 0.29) is 5.56 Å². The van der Waals surface area contributed by atoms with E-state index in [1.165, 1.54) is 29.3 Å². The van der Waals surface area contributed by atoms with Crippen LogP contribution in [0.25, 0.3) is 0 Å². The molecule has 0 aliphatic carbocycles. The first-order valence-electron chi connectivity index (χ1n) is 9.16. The van der Waals surface area contributed by atoms with Crippen molar-refractivity contribution < 1.29 is 18.3 Å². The van der Waals surface area contributed by atoms with Gasteiger partial charge >= 0.3 is 0 Å². The van der Waals surface area contributed by atoms with Gasteiger partial charge in [0.05, 0.1) is 0 Å². The van der Waals surface area contributed by atoms with Crippen molar-refractivity contribution in [3.63, 3.8) is 0 Å². The van der Waals surface area contributed by atoms with Crippen molar-refractivity contribution in [3.05, 3.63) is 70.3 Å². The fourth-order valence-corrected chi connectivity index (χ4v) is 3.15. The van der Waals surface area contributed by atoms with E-state index in [2.05, 4.69) is 18.2 Å². The molecule has 2 rings (SSSR count). The average molecular weight is 362 g/mol. The molecule has 4 heteroatoms. The van der Waals surface area contributed by atoms with Gasteiger partial charge in [-0.3, -0.25) is 0 Å². The van der Waals surface area contributed by atoms with Crippen LogP contribution < -0.4 is 0 Å². The second-order valence-electron chi connectivity index (χ2n) is 6.55. The van der Waals surface area contributed by atoms with E-state index >= 15 is 0 Å². The van der Waals surface area contributed by atoms with Crippen molar-refractivity contribution >= 4 is 0 Å². The summed E-state index contributed by atoms with van der Waals surface area (Å²) in [5.74, 6) is -0.942. The molecule has 0 heterocycles. The summed E-state index contributed by atoms with van der Waals surface area (Å²) < 4.78 is 38.0. The molecule has 0 unspecified atom stereocenters. The molecule has 0 amide bonds. The van der Waals surface area contributed by atoms with Gasteiger partial charge in [0.1, 0.15) is 11.6 Å². The zero-order chi connectivity index (χ0) is 18.8. The molecule has 26 heavy (non-hydrogen) atoms. The summed E-state index contributed by atoms with van der Waals surface area (Å²) >= 11 is 0. The lowest BCUT2D eigenvalue weighted by Gasteiger charge is -2.11. The third-order valence-corrected chi connectivity index (χ3v) is 4.47. The Morgan fingerprint density at radius 1 is 0.692 bits per heavy atom. The lowest BCUT2D eigenvalue weighted by Crippen LogP contribution is -2.02. The molecule has 0 spiro atoms. The number of halogens is 2. The molecule has 2 aromatic rings. The highest BCUT2D eigenvalue weighted by atomic mass is 19.1. The second kappa shape index (κ2) is 11.0. The van der Waals surface area contributed by atoms with E-state index in [0.29, 0.717) is 12.8 Å². The van der Waals surface area contributed by atoms with Crippen LogP contribution in [0.15, 0.2) is 36.4 Å². The molecule has 0 atom stereocenters. The van der Waals surface area contributed by atoms with Crippen molar-refractivity contribution in [2.45, 2.75) is 38.5 Å². The van der Waals surface area contributed by atoms with Crippen LogP contribution in [0.3, 0.4) is 0 Å². The van der Waals surface area contributed by atoms with E-state index in [1.54, 1.807) is 14.2 Å². The van der Waals surface area contributed by atoms with Crippen LogP contribution in [0.5, 0.6) is 0 Å². The van der Waals surface area contributed by atoms with Crippen molar-refractivity contribution in [3.8, 4) is 0 Å². The van der Waals surface area contributed by atoms with Crippen LogP contribution in [-0.4, -0.2) is 27.4 Å². The Balaban J connectivity index is 2.11. The zero-order valence-corrected chi connectivity index (χ0v) is 15.7. The Morgan fingerprint density at radius 2 is 1.15 bits per heavy atom. The SMILES string of the molecule is COCCCc1cc(CCCOC)cc(CCc2c(F)cccc2F)c1. The van der Waals surface area contributed by atoms with Gasteiger partial charge in [-0.05, 0) is 67.3 Å². The standard InChI is InChI=1S/C22H28F2O2/c1-25-12-4-6-17-14-18(7-5-13-26-2)16-19(15-17)10-11-20-21(23)8-3-9-22(20)24/h3,8-9,14-16H,4-7,10-13H2,1-2H3. The molecule has 0 N–H and O–H groups in total. The van der Waals surface area contributed by atoms with Gasteiger partial charge in [-0.1, -0.05) is 24.3 Å². The molecule has 0 aliphatic heterocycles. The molecule has 0 aromatic heterocycles. The van der Waals surface area contributed by atoms with Crippen LogP contribution in [0.2, 0.25) is 0 Å². The minimum Gasteiger partial charge on any atom is -0.385 e. The Bertz CT molecular complexity index is 637. The zero-order valence-electron chi connectivity index (χ0n) is 15.7. The van der Waals surface area contributed by atoms with Gasteiger partial charge in [0, 0.05) is 33.0 Å². The maximum Gasteiger partial charge on any atom is 0.129 e. The first-order valence-corrected chi connectivity index (χ1v) is 9.16. The largest absolute Gasteiger partial charge is 0.385 e. The highest BCUT2D eigenvalue weighted by Gasteiger charge is 2.09. The predicted octanol–water partition coefficient (Wildman–Crippen LogP) is 4.91. The van der Waals surface area contributed by atoms with Crippen LogP contribution >= 0.6 is 0 Å². The molecule has 2 nitrogen and oxygen atoms in total. The Kier molecular flexibility index (Phi) is 8.72. The van der Waals surface area contributed by atoms with E-state index in [9.17, 15) is 8.78 Å². The molecule has 142 valence electrons. The second-order valence-corrected chi connectivity index (χ2v) is 6.55. The number of hydrogen-bond donors (Lipinski definition) is 0. The molecular weight excluding hydrogens is 334 g/mol. The summed E-state index contributed by atoms with van der Waals surface area (Å²) in [6.45, 7) is 1.45. The van der Waals surface area contributed by atoms with Gasteiger partial charge in [-0.15, -0.1) is 0 Å². The minimum absolute atomic E-state index is 0.165. The van der Waals surface area contributed by atoms with Gasteiger partial charge in [-0.2, -0.15) is 0 Å². The van der Waals surface area contributed by atoms with Gasteiger partial charge in [0.2, 0.25) is 0 Å². The normalized spacial score (nSPS) is 11.1. The van der Waals surface area contributed by atoms with Gasteiger partial charge < -0.3 is 9.47 Å². The summed E-state index contributed by atoms with van der Waals surface area (Å²) in [6.07, 6.45) is 4.77. The van der Waals surface area contributed by atoms with E-state index in [4.69, 9.17) is 9.47 Å². The van der Waals surface area contributed by atoms with Crippen molar-refractivity contribution in [1.29, 1.82) is 0 Å². The third kappa shape index (κ3) is 6.50. The number of rotatable bonds is 11. The predicted molar refractivity (Wildman–Crippen MR) is 101 cm³/mol. The molecule has 0 fully saturated rings. The number of hydrogen-bond acceptors (Lipinski definition) is 2. The van der Waals surface area contributed by atoms with Crippen LogP contribution in [0.1, 0.15) is 35.1 Å². The molecule has 0 aliphatic rings. The molecule has 0 radical (unpaired) electrons. The quantitative estimate of drug-likeness (QED) is 0.529. The van der Waals surface area contributed by atoms with Gasteiger partial charge in [-0.25, -0.2) is 8.78 Å². The lowest BCUT2D eigenvalue weighted by atomic mass is 9.96. The highest BCUT2D eigenvalue weighted by Crippen LogP contribution is 2.19. The number of ether oxygens (including phenoxy) is 2. The number of benzene rings is 2. The first kappa shape index (κ1) is 20.5. The fourth-order valence-electron chi connectivity index (χ4n) is 3.15. The van der Waals surface area contributed by atoms with E-state index in [1.807, 2.05) is 0 Å². The van der Waals surface area contributed by atoms with Crippen LogP contribution in [-0.2, 0) is 35.2 Å². The van der Waals surface area contributed by atoms with E-state index < -0.39 is 11.6 Å². The Morgan fingerprint density at radius 3 is 1.62 bits per heavy atom. The first-order chi connectivity index (χ1) is 12.6. The number of aryl methyl sites for hydroxylation is 3. The fraction of sp³-hybridized carbons (Fsp3) is 0.455. The Hall–Kier alpha value is -1.78. The minimum atomic E-state index is -0.471. The summed E-state index contributed by atoms with van der Waals surface area (Å²) in [4.78, 5) is 0. The lowest BCUT2D eigenvalue weighted by molar-refractivity contribution is 0.195. The van der Waals surface area contributed by atoms with Crippen LogP contribution in [0.4, 0.5) is 8.78 Å². The summed E-state index contributed by atoms with van der Waals surface area (Å²) in [7, 11) is 3.41. The molecular formula is C22H28F2O2. The van der Waals surface area contributed by atoms with Gasteiger partial charge in [0.25, 0.3) is 0 Å². The molecule has 2 aromatic carbocycles. The van der Waals surface area contributed by atoms with Crippen molar-refractivity contribution in [2.24, 2.45) is 0 Å². The summed E-state index contributed by atoms with van der Waals surface area (Å²) in [5, 5.41) is 0. The summed E-state index contributed by atoms with van der Waals surface area (Å²) in [5.41, 5.74) is 3.79. The maximum absolute atomic E-state index is 13.9. The smallest absolute Gasteiger partial charge is 0.129 e. The molecule has 0 bridgehead atoms. The molecule has 0 saturated carbocycles. The topological polar surface area (TPSA) is 18.5 Å².